The zero-order chi connectivity index (χ0) is 18.7. The van der Waals surface area contributed by atoms with E-state index in [0.29, 0.717) is 30.1 Å². The molecule has 26 heavy (non-hydrogen) atoms. The van der Waals surface area contributed by atoms with Gasteiger partial charge in [0.15, 0.2) is 0 Å². The Kier molecular flexibility index (Phi) is 4.93. The highest BCUT2D eigenvalue weighted by atomic mass is 16.5. The molecule has 3 aromatic rings. The summed E-state index contributed by atoms with van der Waals surface area (Å²) in [6.45, 7) is 9.13. The Balaban J connectivity index is 1.51. The smallest absolute Gasteiger partial charge is 0.257 e. The Morgan fingerprint density at radius 3 is 2.65 bits per heavy atom. The number of carbonyl (C=O) groups excluding carboxylic acids is 1. The molecule has 1 aromatic carbocycles. The van der Waals surface area contributed by atoms with Crippen LogP contribution in [0.1, 0.15) is 42.4 Å². The van der Waals surface area contributed by atoms with E-state index in [2.05, 4.69) is 48.4 Å². The molecule has 0 aliphatic carbocycles. The van der Waals surface area contributed by atoms with E-state index in [0.717, 1.165) is 11.1 Å². The largest absolute Gasteiger partial charge is 0.492 e. The van der Waals surface area contributed by atoms with Crippen LogP contribution in [0, 0.1) is 6.92 Å². The maximum Gasteiger partial charge on any atom is 0.257 e. The highest BCUT2D eigenvalue weighted by molar-refractivity contribution is 5.96. The van der Waals surface area contributed by atoms with Gasteiger partial charge in [0.1, 0.15) is 12.4 Å². The summed E-state index contributed by atoms with van der Waals surface area (Å²) in [5.41, 5.74) is 2.98. The third-order valence-corrected chi connectivity index (χ3v) is 4.15. The van der Waals surface area contributed by atoms with Crippen LogP contribution in [0.5, 0.6) is 5.75 Å². The van der Waals surface area contributed by atoms with Crippen molar-refractivity contribution in [2.75, 3.05) is 13.2 Å². The van der Waals surface area contributed by atoms with E-state index < -0.39 is 0 Å². The molecule has 0 spiro atoms. The standard InChI is InChI=1S/C20H23N3O3/c1-13-17-11-14(12-22-19(17)26-23-13)18(24)21-9-10-25-16-7-5-15(6-8-16)20(2,3)4/h5-8,11-12H,9-10H2,1-4H3,(H,21,24). The predicted octanol–water partition coefficient (Wildman–Crippen LogP) is 3.64. The van der Waals surface area contributed by atoms with Crippen LogP contribution in [0.25, 0.3) is 11.1 Å². The summed E-state index contributed by atoms with van der Waals surface area (Å²) in [4.78, 5) is 16.3. The Hall–Kier alpha value is -2.89. The third-order valence-electron chi connectivity index (χ3n) is 4.15. The number of rotatable bonds is 5. The first-order valence-corrected chi connectivity index (χ1v) is 8.58. The van der Waals surface area contributed by atoms with Gasteiger partial charge in [-0.1, -0.05) is 38.1 Å². The fourth-order valence-corrected chi connectivity index (χ4v) is 2.56. The Bertz CT molecular complexity index is 908. The molecule has 6 heteroatoms. The van der Waals surface area contributed by atoms with Crippen molar-refractivity contribution in [3.8, 4) is 5.75 Å². The molecule has 0 radical (unpaired) electrons. The van der Waals surface area contributed by atoms with Crippen molar-refractivity contribution in [1.82, 2.24) is 15.5 Å². The van der Waals surface area contributed by atoms with Gasteiger partial charge >= 0.3 is 0 Å². The number of nitrogens with zero attached hydrogens (tertiary/aromatic N) is 2. The number of fused-ring (bicyclic) bond motifs is 1. The van der Waals surface area contributed by atoms with Gasteiger partial charge in [-0.3, -0.25) is 4.79 Å². The second-order valence-electron chi connectivity index (χ2n) is 7.22. The van der Waals surface area contributed by atoms with Crippen molar-refractivity contribution in [2.45, 2.75) is 33.1 Å². The summed E-state index contributed by atoms with van der Waals surface area (Å²) in [7, 11) is 0. The molecule has 136 valence electrons. The summed E-state index contributed by atoms with van der Waals surface area (Å²) in [6, 6.07) is 9.77. The number of carbonyl (C=O) groups is 1. The second-order valence-corrected chi connectivity index (χ2v) is 7.22. The number of aromatic nitrogens is 2. The molecule has 0 unspecified atom stereocenters. The van der Waals surface area contributed by atoms with E-state index >= 15 is 0 Å². The monoisotopic (exact) mass is 353 g/mol. The number of hydrogen-bond donors (Lipinski definition) is 1. The highest BCUT2D eigenvalue weighted by Gasteiger charge is 2.13. The van der Waals surface area contributed by atoms with Gasteiger partial charge in [0.25, 0.3) is 11.6 Å². The molecule has 0 bridgehead atoms. The number of ether oxygens (including phenoxy) is 1. The zero-order valence-corrected chi connectivity index (χ0v) is 15.5. The second kappa shape index (κ2) is 7.15. The average molecular weight is 353 g/mol. The lowest BCUT2D eigenvalue weighted by Gasteiger charge is -2.19. The molecular formula is C20H23N3O3. The lowest BCUT2D eigenvalue weighted by Crippen LogP contribution is -2.28. The van der Waals surface area contributed by atoms with E-state index in [1.165, 1.54) is 11.8 Å². The number of amides is 1. The minimum atomic E-state index is -0.202. The van der Waals surface area contributed by atoms with Crippen molar-refractivity contribution in [2.24, 2.45) is 0 Å². The van der Waals surface area contributed by atoms with Crippen molar-refractivity contribution in [3.05, 3.63) is 53.3 Å². The molecular weight excluding hydrogens is 330 g/mol. The summed E-state index contributed by atoms with van der Waals surface area (Å²) >= 11 is 0. The zero-order valence-electron chi connectivity index (χ0n) is 15.5. The quantitative estimate of drug-likeness (QED) is 0.709. The first kappa shape index (κ1) is 17.9. The Morgan fingerprint density at radius 2 is 1.96 bits per heavy atom. The lowest BCUT2D eigenvalue weighted by molar-refractivity contribution is 0.0947. The minimum Gasteiger partial charge on any atom is -0.492 e. The van der Waals surface area contributed by atoms with Crippen LogP contribution >= 0.6 is 0 Å². The molecule has 0 saturated heterocycles. The van der Waals surface area contributed by atoms with Crippen LogP contribution < -0.4 is 10.1 Å². The van der Waals surface area contributed by atoms with Crippen LogP contribution in [0.15, 0.2) is 41.1 Å². The van der Waals surface area contributed by atoms with E-state index in [1.807, 2.05) is 19.1 Å². The normalized spacial score (nSPS) is 11.5. The number of aryl methyl sites for hydroxylation is 1. The van der Waals surface area contributed by atoms with Gasteiger partial charge < -0.3 is 14.6 Å². The number of pyridine rings is 1. The average Bonchev–Trinajstić information content (AvgIpc) is 2.99. The van der Waals surface area contributed by atoms with Crippen molar-refractivity contribution in [1.29, 1.82) is 0 Å². The van der Waals surface area contributed by atoms with Gasteiger partial charge in [-0.05, 0) is 36.1 Å². The van der Waals surface area contributed by atoms with Crippen LogP contribution in [-0.4, -0.2) is 29.2 Å². The van der Waals surface area contributed by atoms with Gasteiger partial charge in [0, 0.05) is 6.20 Å². The molecule has 1 N–H and O–H groups in total. The van der Waals surface area contributed by atoms with E-state index in [1.54, 1.807) is 6.07 Å². The number of benzene rings is 1. The van der Waals surface area contributed by atoms with Crippen LogP contribution in [0.4, 0.5) is 0 Å². The molecule has 1 amide bonds. The summed E-state index contributed by atoms with van der Waals surface area (Å²) in [5, 5.41) is 7.41. The SMILES string of the molecule is Cc1noc2ncc(C(=O)NCCOc3ccc(C(C)(C)C)cc3)cc12. The molecule has 0 atom stereocenters. The van der Waals surface area contributed by atoms with Crippen LogP contribution in [0.2, 0.25) is 0 Å². The first-order chi connectivity index (χ1) is 12.3. The lowest BCUT2D eigenvalue weighted by atomic mass is 9.87. The van der Waals surface area contributed by atoms with Crippen molar-refractivity contribution >= 4 is 17.0 Å². The molecule has 2 aromatic heterocycles. The molecule has 3 rings (SSSR count). The molecule has 0 fully saturated rings. The molecule has 0 aliphatic rings. The predicted molar refractivity (Wildman–Crippen MR) is 99.5 cm³/mol. The maximum atomic E-state index is 12.2. The Labute approximate surface area is 152 Å². The summed E-state index contributed by atoms with van der Waals surface area (Å²) < 4.78 is 10.7. The van der Waals surface area contributed by atoms with Crippen LogP contribution in [-0.2, 0) is 5.41 Å². The molecule has 0 saturated carbocycles. The number of hydrogen-bond acceptors (Lipinski definition) is 5. The van der Waals surface area contributed by atoms with Gasteiger partial charge in [-0.25, -0.2) is 4.98 Å². The molecule has 0 aliphatic heterocycles. The van der Waals surface area contributed by atoms with E-state index in [-0.39, 0.29) is 11.3 Å². The van der Waals surface area contributed by atoms with Crippen LogP contribution in [0.3, 0.4) is 0 Å². The third kappa shape index (κ3) is 4.02. The molecule has 2 heterocycles. The maximum absolute atomic E-state index is 12.2. The Morgan fingerprint density at radius 1 is 1.23 bits per heavy atom. The van der Waals surface area contributed by atoms with E-state index in [9.17, 15) is 4.79 Å². The molecule has 6 nitrogen and oxygen atoms in total. The van der Waals surface area contributed by atoms with Gasteiger partial charge in [0.2, 0.25) is 0 Å². The summed E-state index contributed by atoms with van der Waals surface area (Å²) in [5.74, 6) is 0.585. The fourth-order valence-electron chi connectivity index (χ4n) is 2.56. The van der Waals surface area contributed by atoms with E-state index in [4.69, 9.17) is 9.26 Å². The number of nitrogens with one attached hydrogen (secondary N) is 1. The fraction of sp³-hybridized carbons (Fsp3) is 0.350. The first-order valence-electron chi connectivity index (χ1n) is 8.58. The van der Waals surface area contributed by atoms with Crippen molar-refractivity contribution in [3.63, 3.8) is 0 Å². The summed E-state index contributed by atoms with van der Waals surface area (Å²) in [6.07, 6.45) is 1.48. The van der Waals surface area contributed by atoms with Gasteiger partial charge in [-0.2, -0.15) is 0 Å². The van der Waals surface area contributed by atoms with Crippen molar-refractivity contribution < 1.29 is 14.1 Å². The topological polar surface area (TPSA) is 77.2 Å². The van der Waals surface area contributed by atoms with Gasteiger partial charge in [-0.15, -0.1) is 0 Å². The van der Waals surface area contributed by atoms with Gasteiger partial charge in [0.05, 0.1) is 23.2 Å². The minimum absolute atomic E-state index is 0.116. The highest BCUT2D eigenvalue weighted by Crippen LogP contribution is 2.24.